The highest BCUT2D eigenvalue weighted by molar-refractivity contribution is 5.86. The van der Waals surface area contributed by atoms with Crippen molar-refractivity contribution in [1.29, 1.82) is 0 Å². The summed E-state index contributed by atoms with van der Waals surface area (Å²) in [5.41, 5.74) is 1.76. The van der Waals surface area contributed by atoms with Crippen LogP contribution < -0.4 is 4.74 Å². The Balaban J connectivity index is 1.95. The fourth-order valence-corrected chi connectivity index (χ4v) is 2.72. The van der Waals surface area contributed by atoms with E-state index in [0.29, 0.717) is 38.6 Å². The van der Waals surface area contributed by atoms with Gasteiger partial charge in [-0.2, -0.15) is 0 Å². The lowest BCUT2D eigenvalue weighted by atomic mass is 10.0. The van der Waals surface area contributed by atoms with E-state index in [0.717, 1.165) is 12.2 Å². The molecule has 5 nitrogen and oxygen atoms in total. The fourth-order valence-electron chi connectivity index (χ4n) is 2.72. The third-order valence-corrected chi connectivity index (χ3v) is 4.42. The second-order valence-electron chi connectivity index (χ2n) is 7.15. The number of esters is 1. The monoisotopic (exact) mass is 406 g/mol. The maximum Gasteiger partial charge on any atom is 0.333 e. The maximum absolute atomic E-state index is 11.2. The predicted octanol–water partition coefficient (Wildman–Crippen LogP) is 5.12. The quantitative estimate of drug-likeness (QED) is 0.192. The molecule has 0 aliphatic carbocycles. The van der Waals surface area contributed by atoms with Gasteiger partial charge in [-0.3, -0.25) is 0 Å². The van der Waals surface area contributed by atoms with Gasteiger partial charge in [0.05, 0.1) is 26.4 Å². The second-order valence-corrected chi connectivity index (χ2v) is 7.15. The summed E-state index contributed by atoms with van der Waals surface area (Å²) in [5, 5.41) is 0. The van der Waals surface area contributed by atoms with Crippen LogP contribution in [0.4, 0.5) is 0 Å². The molecule has 164 valence electrons. The van der Waals surface area contributed by atoms with Crippen molar-refractivity contribution in [3.8, 4) is 5.75 Å². The van der Waals surface area contributed by atoms with E-state index in [-0.39, 0.29) is 6.61 Å². The summed E-state index contributed by atoms with van der Waals surface area (Å²) in [6.45, 7) is 9.91. The van der Waals surface area contributed by atoms with Gasteiger partial charge in [0, 0.05) is 5.57 Å². The molecule has 0 unspecified atom stereocenters. The van der Waals surface area contributed by atoms with E-state index in [4.69, 9.17) is 18.9 Å². The van der Waals surface area contributed by atoms with Gasteiger partial charge < -0.3 is 18.9 Å². The number of ether oxygens (including phenoxy) is 4. The largest absolute Gasteiger partial charge is 0.491 e. The van der Waals surface area contributed by atoms with Crippen LogP contribution in [0.2, 0.25) is 0 Å². The summed E-state index contributed by atoms with van der Waals surface area (Å²) in [6.07, 6.45) is 9.09. The summed E-state index contributed by atoms with van der Waals surface area (Å²) in [4.78, 5) is 11.2. The number of aryl methyl sites for hydroxylation is 1. The minimum absolute atomic E-state index is 0.226. The average Bonchev–Trinajstić information content (AvgIpc) is 2.72. The molecule has 0 aliphatic rings. The molecule has 0 amide bonds. The molecule has 5 heteroatoms. The molecule has 0 radical (unpaired) electrons. The third-order valence-electron chi connectivity index (χ3n) is 4.42. The molecule has 1 rings (SSSR count). The van der Waals surface area contributed by atoms with E-state index in [1.165, 1.54) is 44.1 Å². The number of carbonyl (C=O) groups is 1. The molecule has 0 aliphatic heterocycles. The van der Waals surface area contributed by atoms with Gasteiger partial charge in [-0.15, -0.1) is 0 Å². The standard InChI is InChI=1S/C24H38O5/c1-4-5-6-7-8-9-10-22-11-13-23(14-12-22)28-19-17-26-15-16-27-18-20-29-24(25)21(2)3/h11-14H,2,4-10,15-20H2,1,3H3. The number of hydrogen-bond acceptors (Lipinski definition) is 5. The van der Waals surface area contributed by atoms with Crippen molar-refractivity contribution in [3.05, 3.63) is 42.0 Å². The number of unbranched alkanes of at least 4 members (excludes halogenated alkanes) is 5. The maximum atomic E-state index is 11.2. The molecular weight excluding hydrogens is 368 g/mol. The molecule has 0 N–H and O–H groups in total. The van der Waals surface area contributed by atoms with Crippen LogP contribution >= 0.6 is 0 Å². The zero-order chi connectivity index (χ0) is 21.2. The lowest BCUT2D eigenvalue weighted by molar-refractivity contribution is -0.140. The van der Waals surface area contributed by atoms with Crippen molar-refractivity contribution in [1.82, 2.24) is 0 Å². The van der Waals surface area contributed by atoms with E-state index in [9.17, 15) is 4.79 Å². The Bertz CT molecular complexity index is 553. The fraction of sp³-hybridized carbons (Fsp3) is 0.625. The second kappa shape index (κ2) is 17.0. The lowest BCUT2D eigenvalue weighted by Gasteiger charge is -2.09. The molecular formula is C24H38O5. The van der Waals surface area contributed by atoms with Crippen LogP contribution in [-0.2, 0) is 25.4 Å². The van der Waals surface area contributed by atoms with Crippen LogP contribution in [0, 0.1) is 0 Å². The van der Waals surface area contributed by atoms with Gasteiger partial charge in [0.15, 0.2) is 0 Å². The lowest BCUT2D eigenvalue weighted by Crippen LogP contribution is -2.14. The Morgan fingerprint density at radius 2 is 1.41 bits per heavy atom. The van der Waals surface area contributed by atoms with E-state index in [2.05, 4.69) is 25.6 Å². The van der Waals surface area contributed by atoms with Gasteiger partial charge in [0.25, 0.3) is 0 Å². The Hall–Kier alpha value is -1.85. The number of rotatable bonds is 18. The minimum Gasteiger partial charge on any atom is -0.491 e. The molecule has 0 bridgehead atoms. The zero-order valence-electron chi connectivity index (χ0n) is 18.3. The van der Waals surface area contributed by atoms with Crippen molar-refractivity contribution >= 4 is 5.97 Å². The topological polar surface area (TPSA) is 54.0 Å². The Morgan fingerprint density at radius 3 is 2.07 bits per heavy atom. The molecule has 0 spiro atoms. The third kappa shape index (κ3) is 13.9. The van der Waals surface area contributed by atoms with Crippen molar-refractivity contribution in [2.75, 3.05) is 39.6 Å². The Kier molecular flexibility index (Phi) is 14.8. The molecule has 1 aromatic carbocycles. The van der Waals surface area contributed by atoms with Crippen LogP contribution in [0.15, 0.2) is 36.4 Å². The smallest absolute Gasteiger partial charge is 0.333 e. The normalized spacial score (nSPS) is 10.7. The molecule has 0 aromatic heterocycles. The number of carbonyl (C=O) groups excluding carboxylic acids is 1. The van der Waals surface area contributed by atoms with E-state index < -0.39 is 5.97 Å². The van der Waals surface area contributed by atoms with Crippen LogP contribution in [0.25, 0.3) is 0 Å². The summed E-state index contributed by atoms with van der Waals surface area (Å²) >= 11 is 0. The average molecular weight is 407 g/mol. The SMILES string of the molecule is C=C(C)C(=O)OCCOCCOCCOc1ccc(CCCCCCCC)cc1. The first-order valence-electron chi connectivity index (χ1n) is 10.8. The highest BCUT2D eigenvalue weighted by Gasteiger charge is 2.02. The van der Waals surface area contributed by atoms with Crippen molar-refractivity contribution in [3.63, 3.8) is 0 Å². The van der Waals surface area contributed by atoms with Crippen molar-refractivity contribution in [2.24, 2.45) is 0 Å². The van der Waals surface area contributed by atoms with Gasteiger partial charge in [-0.25, -0.2) is 4.79 Å². The predicted molar refractivity (Wildman–Crippen MR) is 116 cm³/mol. The molecule has 0 saturated heterocycles. The summed E-state index contributed by atoms with van der Waals surface area (Å²) in [6, 6.07) is 8.36. The van der Waals surface area contributed by atoms with Gasteiger partial charge >= 0.3 is 5.97 Å². The highest BCUT2D eigenvalue weighted by Crippen LogP contribution is 2.15. The first kappa shape index (κ1) is 25.2. The van der Waals surface area contributed by atoms with E-state index in [1.54, 1.807) is 6.92 Å². The summed E-state index contributed by atoms with van der Waals surface area (Å²) in [5.74, 6) is 0.480. The first-order chi connectivity index (χ1) is 14.1. The summed E-state index contributed by atoms with van der Waals surface area (Å²) in [7, 11) is 0. The van der Waals surface area contributed by atoms with Crippen LogP contribution in [0.3, 0.4) is 0 Å². The van der Waals surface area contributed by atoms with E-state index >= 15 is 0 Å². The van der Waals surface area contributed by atoms with Crippen LogP contribution in [-0.4, -0.2) is 45.6 Å². The van der Waals surface area contributed by atoms with Gasteiger partial charge in [-0.1, -0.05) is 57.7 Å². The minimum atomic E-state index is -0.391. The van der Waals surface area contributed by atoms with Gasteiger partial charge in [0.1, 0.15) is 19.0 Å². The molecule has 0 fully saturated rings. The summed E-state index contributed by atoms with van der Waals surface area (Å²) < 4.78 is 21.4. The molecule has 1 aromatic rings. The molecule has 0 atom stereocenters. The number of benzene rings is 1. The number of hydrogen-bond donors (Lipinski definition) is 0. The molecule has 0 saturated carbocycles. The van der Waals surface area contributed by atoms with Crippen LogP contribution in [0.1, 0.15) is 57.9 Å². The Morgan fingerprint density at radius 1 is 0.828 bits per heavy atom. The van der Waals surface area contributed by atoms with Crippen molar-refractivity contribution < 1.29 is 23.7 Å². The van der Waals surface area contributed by atoms with Gasteiger partial charge in [0.2, 0.25) is 0 Å². The molecule has 29 heavy (non-hydrogen) atoms. The Labute approximate surface area is 176 Å². The van der Waals surface area contributed by atoms with Gasteiger partial charge in [-0.05, 0) is 37.5 Å². The van der Waals surface area contributed by atoms with E-state index in [1.807, 2.05) is 12.1 Å². The highest BCUT2D eigenvalue weighted by atomic mass is 16.6. The first-order valence-corrected chi connectivity index (χ1v) is 10.8. The zero-order valence-corrected chi connectivity index (χ0v) is 18.3. The van der Waals surface area contributed by atoms with Crippen molar-refractivity contribution in [2.45, 2.75) is 58.8 Å². The van der Waals surface area contributed by atoms with Crippen LogP contribution in [0.5, 0.6) is 5.75 Å². The molecule has 0 heterocycles.